The molecule has 3 heteroatoms. The number of hydrogen-bond acceptors (Lipinski definition) is 2. The van der Waals surface area contributed by atoms with Gasteiger partial charge in [0.25, 0.3) is 0 Å². The largest absolute Gasteiger partial charge is 0.352 e. The summed E-state index contributed by atoms with van der Waals surface area (Å²) >= 11 is 0. The van der Waals surface area contributed by atoms with Gasteiger partial charge in [-0.3, -0.25) is 4.79 Å². The van der Waals surface area contributed by atoms with E-state index in [9.17, 15) is 4.79 Å². The van der Waals surface area contributed by atoms with E-state index in [1.807, 2.05) is 0 Å². The molecule has 2 atom stereocenters. The lowest BCUT2D eigenvalue weighted by molar-refractivity contribution is -0.122. The standard InChI is InChI=1S/C10H20N2O/c1-7(2)4-10(13)12-9-5-8(3)11-6-9/h7-9,11H,4-6H2,1-3H3,(H,12,13). The Labute approximate surface area is 80.3 Å². The maximum atomic E-state index is 11.4. The second kappa shape index (κ2) is 4.61. The van der Waals surface area contributed by atoms with Crippen molar-refractivity contribution in [2.24, 2.45) is 5.92 Å². The number of amides is 1. The van der Waals surface area contributed by atoms with E-state index in [0.29, 0.717) is 24.4 Å². The van der Waals surface area contributed by atoms with Crippen LogP contribution in [0.25, 0.3) is 0 Å². The fourth-order valence-corrected chi connectivity index (χ4v) is 1.70. The van der Waals surface area contributed by atoms with Crippen molar-refractivity contribution in [2.45, 2.75) is 45.7 Å². The van der Waals surface area contributed by atoms with Gasteiger partial charge < -0.3 is 10.6 Å². The van der Waals surface area contributed by atoms with Gasteiger partial charge in [0.1, 0.15) is 0 Å². The lowest BCUT2D eigenvalue weighted by atomic mass is 10.1. The quantitative estimate of drug-likeness (QED) is 0.684. The molecular weight excluding hydrogens is 164 g/mol. The minimum Gasteiger partial charge on any atom is -0.352 e. The molecule has 1 saturated heterocycles. The van der Waals surface area contributed by atoms with Crippen LogP contribution in [0, 0.1) is 5.92 Å². The van der Waals surface area contributed by atoms with Gasteiger partial charge in [0.15, 0.2) is 0 Å². The van der Waals surface area contributed by atoms with E-state index in [2.05, 4.69) is 31.4 Å². The minimum absolute atomic E-state index is 0.191. The van der Waals surface area contributed by atoms with Crippen molar-refractivity contribution in [3.05, 3.63) is 0 Å². The molecule has 0 aromatic carbocycles. The Morgan fingerprint density at radius 2 is 2.31 bits per heavy atom. The van der Waals surface area contributed by atoms with Gasteiger partial charge in [-0.1, -0.05) is 13.8 Å². The first-order chi connectivity index (χ1) is 6.08. The predicted octanol–water partition coefficient (Wildman–Crippen LogP) is 0.899. The summed E-state index contributed by atoms with van der Waals surface area (Å²) in [6, 6.07) is 0.894. The van der Waals surface area contributed by atoms with E-state index in [0.717, 1.165) is 13.0 Å². The summed E-state index contributed by atoms with van der Waals surface area (Å²) in [7, 11) is 0. The van der Waals surface area contributed by atoms with Gasteiger partial charge in [-0.05, 0) is 19.3 Å². The smallest absolute Gasteiger partial charge is 0.220 e. The molecule has 0 spiro atoms. The van der Waals surface area contributed by atoms with Crippen LogP contribution in [0.2, 0.25) is 0 Å². The molecule has 1 fully saturated rings. The molecule has 2 N–H and O–H groups in total. The summed E-state index contributed by atoms with van der Waals surface area (Å²) in [5.41, 5.74) is 0. The lowest BCUT2D eigenvalue weighted by Crippen LogP contribution is -2.36. The third-order valence-corrected chi connectivity index (χ3v) is 2.31. The van der Waals surface area contributed by atoms with Crippen LogP contribution in [0.4, 0.5) is 0 Å². The van der Waals surface area contributed by atoms with Crippen molar-refractivity contribution in [3.8, 4) is 0 Å². The fourth-order valence-electron chi connectivity index (χ4n) is 1.70. The summed E-state index contributed by atoms with van der Waals surface area (Å²) in [5, 5.41) is 6.35. The number of hydrogen-bond donors (Lipinski definition) is 2. The SMILES string of the molecule is CC(C)CC(=O)NC1CNC(C)C1. The average molecular weight is 184 g/mol. The molecule has 1 aliphatic heterocycles. The van der Waals surface area contributed by atoms with Gasteiger partial charge >= 0.3 is 0 Å². The van der Waals surface area contributed by atoms with Gasteiger partial charge in [0.2, 0.25) is 5.91 Å². The predicted molar refractivity (Wildman–Crippen MR) is 53.5 cm³/mol. The van der Waals surface area contributed by atoms with Crippen LogP contribution in [0.15, 0.2) is 0 Å². The van der Waals surface area contributed by atoms with E-state index >= 15 is 0 Å². The first-order valence-electron chi connectivity index (χ1n) is 5.10. The molecule has 76 valence electrons. The Morgan fingerprint density at radius 3 is 2.77 bits per heavy atom. The van der Waals surface area contributed by atoms with Crippen molar-refractivity contribution in [1.82, 2.24) is 10.6 Å². The van der Waals surface area contributed by atoms with Crippen molar-refractivity contribution in [2.75, 3.05) is 6.54 Å². The minimum atomic E-state index is 0.191. The van der Waals surface area contributed by atoms with Crippen LogP contribution in [0.5, 0.6) is 0 Å². The van der Waals surface area contributed by atoms with Gasteiger partial charge in [-0.25, -0.2) is 0 Å². The molecule has 2 unspecified atom stereocenters. The Bertz CT molecular complexity index is 180. The second-order valence-electron chi connectivity index (χ2n) is 4.41. The summed E-state index contributed by atoms with van der Waals surface area (Å²) in [4.78, 5) is 11.4. The molecule has 1 heterocycles. The monoisotopic (exact) mass is 184 g/mol. The van der Waals surface area contributed by atoms with Crippen LogP contribution >= 0.6 is 0 Å². The molecule has 0 bridgehead atoms. The Hall–Kier alpha value is -0.570. The van der Waals surface area contributed by atoms with E-state index in [1.54, 1.807) is 0 Å². The summed E-state index contributed by atoms with van der Waals surface area (Å²) in [5.74, 6) is 0.641. The van der Waals surface area contributed by atoms with Crippen LogP contribution < -0.4 is 10.6 Å². The normalized spacial score (nSPS) is 28.0. The van der Waals surface area contributed by atoms with Crippen LogP contribution in [0.3, 0.4) is 0 Å². The van der Waals surface area contributed by atoms with E-state index in [4.69, 9.17) is 0 Å². The van der Waals surface area contributed by atoms with E-state index in [1.165, 1.54) is 0 Å². The topological polar surface area (TPSA) is 41.1 Å². The first kappa shape index (κ1) is 10.5. The zero-order chi connectivity index (χ0) is 9.84. The first-order valence-corrected chi connectivity index (χ1v) is 5.10. The molecule has 1 aliphatic rings. The Balaban J connectivity index is 2.21. The van der Waals surface area contributed by atoms with E-state index < -0.39 is 0 Å². The highest BCUT2D eigenvalue weighted by Crippen LogP contribution is 2.06. The number of carbonyl (C=O) groups excluding carboxylic acids is 1. The zero-order valence-electron chi connectivity index (χ0n) is 8.76. The Kier molecular flexibility index (Phi) is 3.72. The molecule has 0 aliphatic carbocycles. The number of rotatable bonds is 3. The van der Waals surface area contributed by atoms with Crippen LogP contribution in [-0.4, -0.2) is 24.5 Å². The molecule has 1 rings (SSSR count). The highest BCUT2D eigenvalue weighted by Gasteiger charge is 2.21. The molecule has 13 heavy (non-hydrogen) atoms. The maximum Gasteiger partial charge on any atom is 0.220 e. The van der Waals surface area contributed by atoms with Gasteiger partial charge in [-0.15, -0.1) is 0 Å². The molecule has 0 saturated carbocycles. The maximum absolute atomic E-state index is 11.4. The molecule has 0 aromatic rings. The van der Waals surface area contributed by atoms with Crippen molar-refractivity contribution < 1.29 is 4.79 Å². The summed E-state index contributed by atoms with van der Waals surface area (Å²) in [6.45, 7) is 7.20. The molecule has 0 radical (unpaired) electrons. The lowest BCUT2D eigenvalue weighted by Gasteiger charge is -2.12. The zero-order valence-corrected chi connectivity index (χ0v) is 8.76. The van der Waals surface area contributed by atoms with Gasteiger partial charge in [-0.2, -0.15) is 0 Å². The van der Waals surface area contributed by atoms with Crippen molar-refractivity contribution in [3.63, 3.8) is 0 Å². The van der Waals surface area contributed by atoms with Gasteiger partial charge in [0.05, 0.1) is 0 Å². The average Bonchev–Trinajstić information content (AvgIpc) is 2.33. The van der Waals surface area contributed by atoms with Gasteiger partial charge in [0, 0.05) is 25.0 Å². The fraction of sp³-hybridized carbons (Fsp3) is 0.900. The third-order valence-electron chi connectivity index (χ3n) is 2.31. The van der Waals surface area contributed by atoms with E-state index in [-0.39, 0.29) is 5.91 Å². The highest BCUT2D eigenvalue weighted by atomic mass is 16.1. The highest BCUT2D eigenvalue weighted by molar-refractivity contribution is 5.76. The summed E-state index contributed by atoms with van der Waals surface area (Å²) in [6.07, 6.45) is 1.70. The van der Waals surface area contributed by atoms with Crippen molar-refractivity contribution in [1.29, 1.82) is 0 Å². The second-order valence-corrected chi connectivity index (χ2v) is 4.41. The third kappa shape index (κ3) is 3.77. The number of nitrogens with one attached hydrogen (secondary N) is 2. The van der Waals surface area contributed by atoms with Crippen LogP contribution in [0.1, 0.15) is 33.6 Å². The molecular formula is C10H20N2O. The Morgan fingerprint density at radius 1 is 1.62 bits per heavy atom. The number of carbonyl (C=O) groups is 1. The van der Waals surface area contributed by atoms with Crippen molar-refractivity contribution >= 4 is 5.91 Å². The summed E-state index contributed by atoms with van der Waals surface area (Å²) < 4.78 is 0. The molecule has 1 amide bonds. The van der Waals surface area contributed by atoms with Crippen LogP contribution in [-0.2, 0) is 4.79 Å². The molecule has 3 nitrogen and oxygen atoms in total. The molecule has 0 aromatic heterocycles.